The highest BCUT2D eigenvalue weighted by Crippen LogP contribution is 2.28. The first-order valence-corrected chi connectivity index (χ1v) is 5.38. The van der Waals surface area contributed by atoms with Gasteiger partial charge in [0.05, 0.1) is 17.5 Å². The van der Waals surface area contributed by atoms with E-state index in [-0.39, 0.29) is 5.91 Å². The minimum absolute atomic E-state index is 0.324. The minimum atomic E-state index is -0.976. The standard InChI is InChI=1S/C10H8N2O2S/c11-5-7-2-1-3-8(4-7)12-6-15-10(14)9(12)13/h1-4,10,14H,6H2. The average molecular weight is 220 g/mol. The number of nitrogens with zero attached hydrogens (tertiary/aromatic N) is 2. The third kappa shape index (κ3) is 1.82. The van der Waals surface area contributed by atoms with E-state index < -0.39 is 5.44 Å². The third-order valence-electron chi connectivity index (χ3n) is 2.13. The maximum Gasteiger partial charge on any atom is 0.267 e. The predicted octanol–water partition coefficient (Wildman–Crippen LogP) is 0.914. The molecule has 15 heavy (non-hydrogen) atoms. The lowest BCUT2D eigenvalue weighted by Gasteiger charge is -2.14. The fourth-order valence-electron chi connectivity index (χ4n) is 1.36. The second-order valence-electron chi connectivity index (χ2n) is 3.08. The number of benzene rings is 1. The van der Waals surface area contributed by atoms with E-state index in [1.54, 1.807) is 24.3 Å². The van der Waals surface area contributed by atoms with Gasteiger partial charge in [-0.15, -0.1) is 0 Å². The van der Waals surface area contributed by atoms with Crippen molar-refractivity contribution in [1.29, 1.82) is 5.26 Å². The van der Waals surface area contributed by atoms with Gasteiger partial charge in [-0.25, -0.2) is 0 Å². The Labute approximate surface area is 91.1 Å². The molecule has 0 radical (unpaired) electrons. The van der Waals surface area contributed by atoms with E-state index in [1.807, 2.05) is 6.07 Å². The number of aliphatic hydroxyl groups is 1. The van der Waals surface area contributed by atoms with E-state index in [0.717, 1.165) is 0 Å². The number of carbonyl (C=O) groups excluding carboxylic acids is 1. The van der Waals surface area contributed by atoms with Crippen molar-refractivity contribution >= 4 is 23.4 Å². The first-order valence-electron chi connectivity index (χ1n) is 4.33. The molecule has 1 N–H and O–H groups in total. The van der Waals surface area contributed by atoms with Gasteiger partial charge in [0.15, 0.2) is 5.44 Å². The molecule has 4 nitrogen and oxygen atoms in total. The Morgan fingerprint density at radius 2 is 2.40 bits per heavy atom. The van der Waals surface area contributed by atoms with Crippen LogP contribution in [0.2, 0.25) is 0 Å². The summed E-state index contributed by atoms with van der Waals surface area (Å²) >= 11 is 1.17. The molecule has 0 bridgehead atoms. The Kier molecular flexibility index (Phi) is 2.62. The first-order chi connectivity index (χ1) is 7.22. The molecular formula is C10H8N2O2S. The molecule has 1 heterocycles. The summed E-state index contributed by atoms with van der Waals surface area (Å²) in [6.45, 7) is 0. The number of thioether (sulfide) groups is 1. The normalized spacial score (nSPS) is 20.4. The number of anilines is 1. The number of carbonyl (C=O) groups is 1. The molecule has 5 heteroatoms. The molecule has 2 rings (SSSR count). The Balaban J connectivity index is 2.31. The molecule has 1 aromatic carbocycles. The zero-order chi connectivity index (χ0) is 10.8. The number of hydrogen-bond acceptors (Lipinski definition) is 4. The van der Waals surface area contributed by atoms with Crippen molar-refractivity contribution in [3.63, 3.8) is 0 Å². The van der Waals surface area contributed by atoms with E-state index in [1.165, 1.54) is 16.7 Å². The monoisotopic (exact) mass is 220 g/mol. The van der Waals surface area contributed by atoms with Crippen molar-refractivity contribution in [2.75, 3.05) is 10.8 Å². The topological polar surface area (TPSA) is 64.3 Å². The summed E-state index contributed by atoms with van der Waals surface area (Å²) in [5, 5.41) is 18.0. The number of amides is 1. The van der Waals surface area contributed by atoms with Crippen LogP contribution in [0.1, 0.15) is 5.56 Å². The maximum absolute atomic E-state index is 11.5. The second kappa shape index (κ2) is 3.93. The molecule has 1 fully saturated rings. The van der Waals surface area contributed by atoms with Crippen LogP contribution in [-0.4, -0.2) is 22.3 Å². The highest BCUT2D eigenvalue weighted by Gasteiger charge is 2.31. The van der Waals surface area contributed by atoms with Crippen LogP contribution in [0, 0.1) is 11.3 Å². The Hall–Kier alpha value is -1.51. The van der Waals surface area contributed by atoms with Gasteiger partial charge in [0.2, 0.25) is 0 Å². The Morgan fingerprint density at radius 3 is 3.00 bits per heavy atom. The van der Waals surface area contributed by atoms with Crippen LogP contribution in [0.5, 0.6) is 0 Å². The quantitative estimate of drug-likeness (QED) is 0.764. The van der Waals surface area contributed by atoms with E-state index in [9.17, 15) is 9.90 Å². The number of aliphatic hydroxyl groups excluding tert-OH is 1. The van der Waals surface area contributed by atoms with Crippen LogP contribution in [0.3, 0.4) is 0 Å². The highest BCUT2D eigenvalue weighted by molar-refractivity contribution is 8.01. The van der Waals surface area contributed by atoms with E-state index in [2.05, 4.69) is 0 Å². The largest absolute Gasteiger partial charge is 0.373 e. The summed E-state index contributed by atoms with van der Waals surface area (Å²) in [7, 11) is 0. The van der Waals surface area contributed by atoms with Gasteiger partial charge < -0.3 is 5.11 Å². The minimum Gasteiger partial charge on any atom is -0.373 e. The number of hydrogen-bond donors (Lipinski definition) is 1. The number of nitriles is 1. The lowest BCUT2D eigenvalue weighted by Crippen LogP contribution is -2.28. The van der Waals surface area contributed by atoms with Gasteiger partial charge in [-0.2, -0.15) is 5.26 Å². The maximum atomic E-state index is 11.5. The van der Waals surface area contributed by atoms with Crippen molar-refractivity contribution in [3.05, 3.63) is 29.8 Å². The molecule has 0 spiro atoms. The average Bonchev–Trinajstić information content (AvgIpc) is 2.60. The van der Waals surface area contributed by atoms with E-state index in [4.69, 9.17) is 5.26 Å². The van der Waals surface area contributed by atoms with Crippen LogP contribution in [-0.2, 0) is 4.79 Å². The summed E-state index contributed by atoms with van der Waals surface area (Å²) in [4.78, 5) is 12.9. The fourth-order valence-corrected chi connectivity index (χ4v) is 2.19. The smallest absolute Gasteiger partial charge is 0.267 e. The van der Waals surface area contributed by atoms with Crippen LogP contribution in [0.15, 0.2) is 24.3 Å². The van der Waals surface area contributed by atoms with E-state index >= 15 is 0 Å². The molecular weight excluding hydrogens is 212 g/mol. The molecule has 0 aromatic heterocycles. The number of rotatable bonds is 1. The van der Waals surface area contributed by atoms with Gasteiger partial charge >= 0.3 is 0 Å². The van der Waals surface area contributed by atoms with Crippen LogP contribution >= 0.6 is 11.8 Å². The lowest BCUT2D eigenvalue weighted by atomic mass is 10.2. The van der Waals surface area contributed by atoms with Crippen LogP contribution in [0.25, 0.3) is 0 Å². The molecule has 1 atom stereocenters. The molecule has 1 aromatic rings. The molecule has 76 valence electrons. The van der Waals surface area contributed by atoms with Crippen molar-refractivity contribution in [2.45, 2.75) is 5.44 Å². The Morgan fingerprint density at radius 1 is 1.60 bits per heavy atom. The van der Waals surface area contributed by atoms with Crippen molar-refractivity contribution in [3.8, 4) is 6.07 Å². The summed E-state index contributed by atoms with van der Waals surface area (Å²) in [6, 6.07) is 8.79. The zero-order valence-corrected chi connectivity index (χ0v) is 8.57. The van der Waals surface area contributed by atoms with Gasteiger partial charge in [0, 0.05) is 5.69 Å². The lowest BCUT2D eigenvalue weighted by molar-refractivity contribution is -0.121. The molecule has 1 aliphatic heterocycles. The summed E-state index contributed by atoms with van der Waals surface area (Å²) < 4.78 is 0. The van der Waals surface area contributed by atoms with Crippen molar-refractivity contribution < 1.29 is 9.90 Å². The molecule has 1 unspecified atom stereocenters. The first kappa shape index (κ1) is 10.0. The molecule has 1 amide bonds. The van der Waals surface area contributed by atoms with Gasteiger partial charge in [-0.1, -0.05) is 17.8 Å². The SMILES string of the molecule is N#Cc1cccc(N2CSC(O)C2=O)c1. The second-order valence-corrected chi connectivity index (χ2v) is 4.11. The summed E-state index contributed by atoms with van der Waals surface area (Å²) in [5.41, 5.74) is 0.186. The van der Waals surface area contributed by atoms with Gasteiger partial charge in [-0.05, 0) is 18.2 Å². The highest BCUT2D eigenvalue weighted by atomic mass is 32.2. The predicted molar refractivity (Wildman–Crippen MR) is 57.1 cm³/mol. The molecule has 0 saturated carbocycles. The fraction of sp³-hybridized carbons (Fsp3) is 0.200. The molecule has 1 saturated heterocycles. The summed E-state index contributed by atoms with van der Waals surface area (Å²) in [5.74, 6) is 0.101. The third-order valence-corrected chi connectivity index (χ3v) is 3.05. The van der Waals surface area contributed by atoms with Crippen LogP contribution in [0.4, 0.5) is 5.69 Å². The van der Waals surface area contributed by atoms with Gasteiger partial charge in [0.1, 0.15) is 0 Å². The zero-order valence-electron chi connectivity index (χ0n) is 7.75. The molecule has 0 aliphatic carbocycles. The van der Waals surface area contributed by atoms with Crippen LogP contribution < -0.4 is 4.90 Å². The van der Waals surface area contributed by atoms with Crippen molar-refractivity contribution in [1.82, 2.24) is 0 Å². The molecule has 1 aliphatic rings. The summed E-state index contributed by atoms with van der Waals surface area (Å²) in [6.07, 6.45) is 0. The Bertz CT molecular complexity index is 441. The van der Waals surface area contributed by atoms with E-state index in [0.29, 0.717) is 17.1 Å². The van der Waals surface area contributed by atoms with Crippen molar-refractivity contribution in [2.24, 2.45) is 0 Å². The van der Waals surface area contributed by atoms with Gasteiger partial charge in [0.25, 0.3) is 5.91 Å². The van der Waals surface area contributed by atoms with Gasteiger partial charge in [-0.3, -0.25) is 9.69 Å².